The van der Waals surface area contributed by atoms with Gasteiger partial charge >= 0.3 is 0 Å². The highest BCUT2D eigenvalue weighted by Gasteiger charge is 2.54. The number of hydrogen-bond donors (Lipinski definition) is 0. The molecular formula is C16H20O2S. The van der Waals surface area contributed by atoms with Crippen LogP contribution in [0.25, 0.3) is 0 Å². The summed E-state index contributed by atoms with van der Waals surface area (Å²) in [6.45, 7) is 6.30. The molecule has 102 valence electrons. The van der Waals surface area contributed by atoms with Gasteiger partial charge in [0.15, 0.2) is 0 Å². The number of fused-ring (bicyclic) bond motifs is 1. The number of benzene rings is 1. The van der Waals surface area contributed by atoms with Crippen LogP contribution in [0.15, 0.2) is 47.4 Å². The third kappa shape index (κ3) is 2.41. The van der Waals surface area contributed by atoms with E-state index in [9.17, 15) is 4.21 Å². The first-order valence-corrected chi connectivity index (χ1v) is 8.14. The maximum Gasteiger partial charge on any atom is 0.113 e. The first-order valence-electron chi connectivity index (χ1n) is 6.93. The Balaban J connectivity index is 1.77. The lowest BCUT2D eigenvalue weighted by Gasteiger charge is -2.22. The second-order valence-corrected chi connectivity index (χ2v) is 7.42. The number of epoxide rings is 1. The van der Waals surface area contributed by atoms with Crippen LogP contribution in [-0.2, 0) is 15.5 Å². The Morgan fingerprint density at radius 2 is 2.05 bits per heavy atom. The second-order valence-electron chi connectivity index (χ2n) is 5.68. The highest BCUT2D eigenvalue weighted by molar-refractivity contribution is 7.85. The summed E-state index contributed by atoms with van der Waals surface area (Å²) in [7, 11) is -0.940. The average molecular weight is 276 g/mol. The van der Waals surface area contributed by atoms with Crippen molar-refractivity contribution in [2.75, 3.05) is 0 Å². The Hall–Kier alpha value is -0.930. The molecule has 0 N–H and O–H groups in total. The first-order chi connectivity index (χ1) is 9.11. The van der Waals surface area contributed by atoms with Crippen LogP contribution in [0.1, 0.15) is 32.6 Å². The Kier molecular flexibility index (Phi) is 3.35. The summed E-state index contributed by atoms with van der Waals surface area (Å²) in [5, 5.41) is 0.178. The van der Waals surface area contributed by atoms with Crippen molar-refractivity contribution < 1.29 is 8.95 Å². The van der Waals surface area contributed by atoms with Gasteiger partial charge in [-0.2, -0.15) is 0 Å². The highest BCUT2D eigenvalue weighted by Crippen LogP contribution is 2.48. The standard InChI is InChI=1S/C16H20O2S/c1-12-11-14(9-6-10-15-16(12,2)18-15)19(17)13-7-4-3-5-8-13/h3-5,7-8,14-15H,1,6,9-11H2,2H3/t14-,15-,16+,19?/m1/s1. The molecule has 3 heteroatoms. The average Bonchev–Trinajstić information content (AvgIpc) is 3.08. The third-order valence-corrected chi connectivity index (χ3v) is 6.14. The Morgan fingerprint density at radius 3 is 2.79 bits per heavy atom. The van der Waals surface area contributed by atoms with Crippen LogP contribution in [-0.4, -0.2) is 21.2 Å². The summed E-state index contributed by atoms with van der Waals surface area (Å²) in [6, 6.07) is 9.77. The summed E-state index contributed by atoms with van der Waals surface area (Å²) in [5.74, 6) is 0. The molecule has 0 radical (unpaired) electrons. The van der Waals surface area contributed by atoms with Crippen molar-refractivity contribution in [3.05, 3.63) is 42.5 Å². The topological polar surface area (TPSA) is 29.6 Å². The Morgan fingerprint density at radius 1 is 1.32 bits per heavy atom. The SMILES string of the molecule is C=C1C[C@H](S(=O)c2ccccc2)CCC[C@H]2O[C@@]12C. The predicted octanol–water partition coefficient (Wildman–Crippen LogP) is 3.45. The first kappa shape index (κ1) is 13.1. The molecule has 2 nitrogen and oxygen atoms in total. The smallest absolute Gasteiger partial charge is 0.113 e. The van der Waals surface area contributed by atoms with Gasteiger partial charge in [0.05, 0.1) is 16.9 Å². The number of rotatable bonds is 2. The fraction of sp³-hybridized carbons (Fsp3) is 0.500. The van der Waals surface area contributed by atoms with E-state index in [1.54, 1.807) is 0 Å². The van der Waals surface area contributed by atoms with Gasteiger partial charge in [-0.1, -0.05) is 24.8 Å². The molecule has 2 aliphatic rings. The zero-order chi connectivity index (χ0) is 13.5. The molecule has 0 bridgehead atoms. The molecule has 1 aromatic carbocycles. The third-order valence-electron chi connectivity index (χ3n) is 4.39. The van der Waals surface area contributed by atoms with Gasteiger partial charge in [-0.15, -0.1) is 0 Å². The molecular weight excluding hydrogens is 256 g/mol. The van der Waals surface area contributed by atoms with E-state index in [1.807, 2.05) is 30.3 Å². The molecule has 19 heavy (non-hydrogen) atoms. The van der Waals surface area contributed by atoms with Crippen LogP contribution >= 0.6 is 0 Å². The zero-order valence-corrected chi connectivity index (χ0v) is 12.1. The Labute approximate surface area is 117 Å². The predicted molar refractivity (Wildman–Crippen MR) is 77.5 cm³/mol. The van der Waals surface area contributed by atoms with E-state index in [1.165, 1.54) is 0 Å². The zero-order valence-electron chi connectivity index (χ0n) is 11.3. The van der Waals surface area contributed by atoms with Crippen LogP contribution in [0.2, 0.25) is 0 Å². The Bertz CT molecular complexity index is 511. The van der Waals surface area contributed by atoms with Crippen molar-refractivity contribution in [3.8, 4) is 0 Å². The maximum absolute atomic E-state index is 12.7. The molecule has 1 saturated carbocycles. The van der Waals surface area contributed by atoms with Gasteiger partial charge < -0.3 is 4.74 Å². The van der Waals surface area contributed by atoms with Gasteiger partial charge in [0.2, 0.25) is 0 Å². The molecule has 1 aliphatic carbocycles. The summed E-state index contributed by atoms with van der Waals surface area (Å²) >= 11 is 0. The van der Waals surface area contributed by atoms with Gasteiger partial charge in [0, 0.05) is 10.1 Å². The lowest BCUT2D eigenvalue weighted by molar-refractivity contribution is 0.329. The summed E-state index contributed by atoms with van der Waals surface area (Å²) in [4.78, 5) is 0.930. The molecule has 1 unspecified atom stereocenters. The van der Waals surface area contributed by atoms with E-state index >= 15 is 0 Å². The van der Waals surface area contributed by atoms with Crippen molar-refractivity contribution in [1.29, 1.82) is 0 Å². The molecule has 1 heterocycles. The van der Waals surface area contributed by atoms with Crippen molar-refractivity contribution >= 4 is 10.8 Å². The number of ether oxygens (including phenoxy) is 1. The largest absolute Gasteiger partial charge is 0.362 e. The van der Waals surface area contributed by atoms with Gasteiger partial charge in [0.1, 0.15) is 5.60 Å². The van der Waals surface area contributed by atoms with E-state index in [4.69, 9.17) is 4.74 Å². The van der Waals surface area contributed by atoms with Crippen LogP contribution in [0.5, 0.6) is 0 Å². The highest BCUT2D eigenvalue weighted by atomic mass is 32.2. The summed E-state index contributed by atoms with van der Waals surface area (Å²) in [6.07, 6.45) is 4.32. The van der Waals surface area contributed by atoms with Crippen LogP contribution in [0.4, 0.5) is 0 Å². The minimum atomic E-state index is -0.940. The van der Waals surface area contributed by atoms with E-state index in [-0.39, 0.29) is 10.9 Å². The molecule has 1 aliphatic heterocycles. The van der Waals surface area contributed by atoms with E-state index in [0.717, 1.165) is 36.2 Å². The van der Waals surface area contributed by atoms with Crippen LogP contribution in [0.3, 0.4) is 0 Å². The van der Waals surface area contributed by atoms with Gasteiger partial charge in [-0.25, -0.2) is 0 Å². The summed E-state index contributed by atoms with van der Waals surface area (Å²) < 4.78 is 18.4. The van der Waals surface area contributed by atoms with E-state index in [2.05, 4.69) is 13.5 Å². The van der Waals surface area contributed by atoms with E-state index < -0.39 is 10.8 Å². The fourth-order valence-electron chi connectivity index (χ4n) is 2.95. The molecule has 3 rings (SSSR count). The quantitative estimate of drug-likeness (QED) is 0.611. The fourth-order valence-corrected chi connectivity index (χ4v) is 4.49. The molecule has 0 aromatic heterocycles. The molecule has 1 aromatic rings. The van der Waals surface area contributed by atoms with Crippen molar-refractivity contribution in [3.63, 3.8) is 0 Å². The molecule has 2 fully saturated rings. The number of hydrogen-bond acceptors (Lipinski definition) is 2. The lowest BCUT2D eigenvalue weighted by Crippen LogP contribution is -2.24. The maximum atomic E-state index is 12.7. The van der Waals surface area contributed by atoms with Gasteiger partial charge in [-0.05, 0) is 50.3 Å². The van der Waals surface area contributed by atoms with E-state index in [0.29, 0.717) is 6.10 Å². The van der Waals surface area contributed by atoms with Crippen molar-refractivity contribution in [2.45, 2.75) is 54.5 Å². The monoisotopic (exact) mass is 276 g/mol. The molecule has 0 amide bonds. The lowest BCUT2D eigenvalue weighted by atomic mass is 9.88. The van der Waals surface area contributed by atoms with Gasteiger partial charge in [0.25, 0.3) is 0 Å². The van der Waals surface area contributed by atoms with Crippen molar-refractivity contribution in [1.82, 2.24) is 0 Å². The normalized spacial score (nSPS) is 35.9. The molecule has 4 atom stereocenters. The minimum absolute atomic E-state index is 0.139. The minimum Gasteiger partial charge on any atom is -0.362 e. The van der Waals surface area contributed by atoms with Gasteiger partial charge in [-0.3, -0.25) is 4.21 Å². The molecule has 0 spiro atoms. The summed E-state index contributed by atoms with van der Waals surface area (Å²) in [5.41, 5.74) is 0.978. The van der Waals surface area contributed by atoms with Crippen LogP contribution in [0, 0.1) is 0 Å². The molecule has 1 saturated heterocycles. The van der Waals surface area contributed by atoms with Crippen LogP contribution < -0.4 is 0 Å². The van der Waals surface area contributed by atoms with Crippen molar-refractivity contribution in [2.24, 2.45) is 0 Å². The second kappa shape index (κ2) is 4.88.